The normalized spacial score (nSPS) is 11.4. The Kier molecular flexibility index (Phi) is 5.49. The van der Waals surface area contributed by atoms with Crippen LogP contribution in [0.5, 0.6) is 5.75 Å². The molecule has 1 aromatic heterocycles. The minimum Gasteiger partial charge on any atom is -0.490 e. The molecular weight excluding hydrogens is 388 g/mol. The van der Waals surface area contributed by atoms with Crippen LogP contribution in [0.1, 0.15) is 5.56 Å². The van der Waals surface area contributed by atoms with Gasteiger partial charge in [0, 0.05) is 34.2 Å². The Hall–Kier alpha value is -1.49. The highest BCUT2D eigenvalue weighted by Gasteiger charge is 2.12. The van der Waals surface area contributed by atoms with Crippen molar-refractivity contribution in [3.8, 4) is 5.75 Å². The van der Waals surface area contributed by atoms with Crippen molar-refractivity contribution < 1.29 is 4.74 Å². The Labute approximate surface area is 155 Å². The maximum absolute atomic E-state index is 6.19. The standard InChI is InChI=1S/C19H20BrClN2O/c1-22(2)9-10-24-19-13-23(12-14-5-3-4-6-17(14)20)18-8-7-15(21)11-16(18)19/h3-8,11,13H,9-10,12H2,1-2H3. The Bertz CT molecular complexity index is 844. The molecular formula is C19H20BrClN2O. The quantitative estimate of drug-likeness (QED) is 0.569. The third-order valence-electron chi connectivity index (χ3n) is 3.90. The second-order valence-electron chi connectivity index (χ2n) is 6.03. The van der Waals surface area contributed by atoms with Crippen molar-refractivity contribution in [1.82, 2.24) is 9.47 Å². The van der Waals surface area contributed by atoms with Crippen molar-refractivity contribution in [2.24, 2.45) is 0 Å². The van der Waals surface area contributed by atoms with E-state index in [0.29, 0.717) is 6.61 Å². The first-order valence-corrected chi connectivity index (χ1v) is 9.01. The van der Waals surface area contributed by atoms with Crippen LogP contribution in [0.15, 0.2) is 53.1 Å². The van der Waals surface area contributed by atoms with Gasteiger partial charge in [-0.15, -0.1) is 0 Å². The van der Waals surface area contributed by atoms with Crippen LogP contribution in [-0.4, -0.2) is 36.7 Å². The van der Waals surface area contributed by atoms with Crippen molar-refractivity contribution in [3.05, 3.63) is 63.7 Å². The van der Waals surface area contributed by atoms with Gasteiger partial charge >= 0.3 is 0 Å². The van der Waals surface area contributed by atoms with Gasteiger partial charge in [0.25, 0.3) is 0 Å². The molecule has 0 aliphatic heterocycles. The first-order chi connectivity index (χ1) is 11.5. The zero-order valence-electron chi connectivity index (χ0n) is 13.8. The van der Waals surface area contributed by atoms with E-state index in [1.54, 1.807) is 0 Å². The van der Waals surface area contributed by atoms with E-state index in [9.17, 15) is 0 Å². The van der Waals surface area contributed by atoms with Crippen molar-refractivity contribution in [3.63, 3.8) is 0 Å². The average Bonchev–Trinajstić information content (AvgIpc) is 2.86. The van der Waals surface area contributed by atoms with Crippen LogP contribution in [0.3, 0.4) is 0 Å². The lowest BCUT2D eigenvalue weighted by atomic mass is 10.2. The van der Waals surface area contributed by atoms with Gasteiger partial charge < -0.3 is 14.2 Å². The van der Waals surface area contributed by atoms with Crippen LogP contribution in [0, 0.1) is 0 Å². The van der Waals surface area contributed by atoms with E-state index in [1.165, 1.54) is 5.56 Å². The Morgan fingerprint density at radius 3 is 2.71 bits per heavy atom. The molecule has 24 heavy (non-hydrogen) atoms. The molecule has 0 fully saturated rings. The van der Waals surface area contributed by atoms with Gasteiger partial charge in [-0.25, -0.2) is 0 Å². The zero-order chi connectivity index (χ0) is 17.1. The Morgan fingerprint density at radius 1 is 1.17 bits per heavy atom. The number of ether oxygens (including phenoxy) is 1. The van der Waals surface area contributed by atoms with Gasteiger partial charge in [-0.1, -0.05) is 45.7 Å². The zero-order valence-corrected chi connectivity index (χ0v) is 16.1. The number of benzene rings is 2. The van der Waals surface area contributed by atoms with Gasteiger partial charge in [0.05, 0.1) is 5.52 Å². The van der Waals surface area contributed by atoms with Crippen LogP contribution in [0.25, 0.3) is 10.9 Å². The number of aromatic nitrogens is 1. The fourth-order valence-corrected chi connectivity index (χ4v) is 3.21. The van der Waals surface area contributed by atoms with E-state index in [0.717, 1.165) is 39.2 Å². The molecule has 0 spiro atoms. The predicted octanol–water partition coefficient (Wildman–Crippen LogP) is 5.05. The fraction of sp³-hybridized carbons (Fsp3) is 0.263. The van der Waals surface area contributed by atoms with Crippen molar-refractivity contribution in [2.75, 3.05) is 27.2 Å². The maximum atomic E-state index is 6.19. The minimum atomic E-state index is 0.646. The third-order valence-corrected chi connectivity index (χ3v) is 4.91. The summed E-state index contributed by atoms with van der Waals surface area (Å²) in [6, 6.07) is 14.2. The molecule has 0 unspecified atom stereocenters. The van der Waals surface area contributed by atoms with E-state index >= 15 is 0 Å². The SMILES string of the molecule is CN(C)CCOc1cn(Cc2ccccc2Br)c2ccc(Cl)cc12. The molecule has 0 amide bonds. The van der Waals surface area contributed by atoms with Gasteiger partial charge in [0.15, 0.2) is 0 Å². The van der Waals surface area contributed by atoms with Crippen LogP contribution >= 0.6 is 27.5 Å². The molecule has 126 valence electrons. The molecule has 0 bridgehead atoms. The Morgan fingerprint density at radius 2 is 1.96 bits per heavy atom. The molecule has 0 N–H and O–H groups in total. The molecule has 0 saturated heterocycles. The first-order valence-electron chi connectivity index (χ1n) is 7.84. The van der Waals surface area contributed by atoms with Gasteiger partial charge in [-0.2, -0.15) is 0 Å². The highest BCUT2D eigenvalue weighted by atomic mass is 79.9. The summed E-state index contributed by atoms with van der Waals surface area (Å²) in [6.07, 6.45) is 2.07. The number of halogens is 2. The second kappa shape index (κ2) is 7.60. The van der Waals surface area contributed by atoms with Crippen LogP contribution in [-0.2, 0) is 6.54 Å². The maximum Gasteiger partial charge on any atom is 0.144 e. The number of nitrogens with zero attached hydrogens (tertiary/aromatic N) is 2. The third kappa shape index (κ3) is 3.94. The van der Waals surface area contributed by atoms with Crippen LogP contribution in [0.4, 0.5) is 0 Å². The summed E-state index contributed by atoms with van der Waals surface area (Å²) in [7, 11) is 4.08. The number of fused-ring (bicyclic) bond motifs is 1. The minimum absolute atomic E-state index is 0.646. The van der Waals surface area contributed by atoms with Crippen LogP contribution < -0.4 is 4.74 Å². The predicted molar refractivity (Wildman–Crippen MR) is 104 cm³/mol. The highest BCUT2D eigenvalue weighted by Crippen LogP contribution is 2.32. The summed E-state index contributed by atoms with van der Waals surface area (Å²) >= 11 is 9.81. The topological polar surface area (TPSA) is 17.4 Å². The summed E-state index contributed by atoms with van der Waals surface area (Å²) in [5.74, 6) is 0.876. The summed E-state index contributed by atoms with van der Waals surface area (Å²) in [4.78, 5) is 2.10. The van der Waals surface area contributed by atoms with E-state index in [2.05, 4.69) is 49.8 Å². The lowest BCUT2D eigenvalue weighted by Gasteiger charge is -2.10. The molecule has 3 nitrogen and oxygen atoms in total. The van der Waals surface area contributed by atoms with Crippen molar-refractivity contribution >= 4 is 38.4 Å². The highest BCUT2D eigenvalue weighted by molar-refractivity contribution is 9.10. The van der Waals surface area contributed by atoms with E-state index in [4.69, 9.17) is 16.3 Å². The van der Waals surface area contributed by atoms with E-state index in [1.807, 2.05) is 38.4 Å². The summed E-state index contributed by atoms with van der Waals surface area (Å²) in [6.45, 7) is 2.29. The fourth-order valence-electron chi connectivity index (χ4n) is 2.63. The molecule has 0 radical (unpaired) electrons. The molecule has 3 rings (SSSR count). The molecule has 2 aromatic carbocycles. The lowest BCUT2D eigenvalue weighted by Crippen LogP contribution is -2.19. The van der Waals surface area contributed by atoms with E-state index in [-0.39, 0.29) is 0 Å². The molecule has 0 saturated carbocycles. The summed E-state index contributed by atoms with van der Waals surface area (Å²) in [5, 5.41) is 1.77. The molecule has 0 aliphatic rings. The van der Waals surface area contributed by atoms with Crippen molar-refractivity contribution in [2.45, 2.75) is 6.54 Å². The number of likely N-dealkylation sites (N-methyl/N-ethyl adjacent to an activating group) is 1. The second-order valence-corrected chi connectivity index (χ2v) is 7.32. The lowest BCUT2D eigenvalue weighted by molar-refractivity contribution is 0.263. The molecule has 3 aromatic rings. The molecule has 5 heteroatoms. The number of hydrogen-bond donors (Lipinski definition) is 0. The van der Waals surface area contributed by atoms with Gasteiger partial charge in [0.1, 0.15) is 12.4 Å². The average molecular weight is 408 g/mol. The largest absolute Gasteiger partial charge is 0.490 e. The molecule has 0 atom stereocenters. The number of hydrogen-bond acceptors (Lipinski definition) is 2. The van der Waals surface area contributed by atoms with E-state index < -0.39 is 0 Å². The van der Waals surface area contributed by atoms with Crippen molar-refractivity contribution in [1.29, 1.82) is 0 Å². The smallest absolute Gasteiger partial charge is 0.144 e. The van der Waals surface area contributed by atoms with Gasteiger partial charge in [-0.05, 0) is 43.9 Å². The van der Waals surface area contributed by atoms with Gasteiger partial charge in [-0.3, -0.25) is 0 Å². The molecule has 0 aliphatic carbocycles. The summed E-state index contributed by atoms with van der Waals surface area (Å²) < 4.78 is 9.31. The first kappa shape index (κ1) is 17.3. The monoisotopic (exact) mass is 406 g/mol. The summed E-state index contributed by atoms with van der Waals surface area (Å²) in [5.41, 5.74) is 2.35. The van der Waals surface area contributed by atoms with Gasteiger partial charge in [0.2, 0.25) is 0 Å². The van der Waals surface area contributed by atoms with Crippen LogP contribution in [0.2, 0.25) is 5.02 Å². The number of rotatable bonds is 6. The molecule has 1 heterocycles. The Balaban J connectivity index is 1.94.